The minimum Gasteiger partial charge on any atom is -0.497 e. The molecule has 3 nitrogen and oxygen atoms in total. The van der Waals surface area contributed by atoms with Gasteiger partial charge in [-0.05, 0) is 24.0 Å². The number of halogens is 1. The molecule has 1 atom stereocenters. The second-order valence-electron chi connectivity index (χ2n) is 4.89. The fourth-order valence-electron chi connectivity index (χ4n) is 1.76. The summed E-state index contributed by atoms with van der Waals surface area (Å²) >= 11 is 5.37. The van der Waals surface area contributed by atoms with E-state index in [1.807, 2.05) is 18.2 Å². The number of benzene rings is 1. The lowest BCUT2D eigenvalue weighted by molar-refractivity contribution is 0.415. The average Bonchev–Trinajstić information content (AvgIpc) is 2.80. The third-order valence-corrected chi connectivity index (χ3v) is 5.14. The molecule has 1 N–H and O–H groups in total. The van der Waals surface area contributed by atoms with E-state index in [2.05, 4.69) is 39.7 Å². The van der Waals surface area contributed by atoms with Crippen molar-refractivity contribution in [3.63, 3.8) is 0 Å². The number of rotatable bonds is 6. The summed E-state index contributed by atoms with van der Waals surface area (Å²) in [4.78, 5) is 7.94. The second-order valence-corrected chi connectivity index (χ2v) is 6.55. The van der Waals surface area contributed by atoms with Crippen molar-refractivity contribution in [2.45, 2.75) is 19.0 Å². The van der Waals surface area contributed by atoms with Crippen molar-refractivity contribution in [2.24, 2.45) is 11.8 Å². The van der Waals surface area contributed by atoms with Gasteiger partial charge in [-0.25, -0.2) is 4.98 Å². The van der Waals surface area contributed by atoms with Gasteiger partial charge in [-0.15, -0.1) is 0 Å². The normalized spacial score (nSPS) is 13.1. The number of aromatic nitrogens is 2. The van der Waals surface area contributed by atoms with E-state index in [9.17, 15) is 0 Å². The van der Waals surface area contributed by atoms with Crippen molar-refractivity contribution < 1.29 is 4.74 Å². The molecule has 1 heterocycles. The molecule has 2 rings (SSSR count). The fraction of sp³-hybridized carbons (Fsp3) is 0.500. The summed E-state index contributed by atoms with van der Waals surface area (Å²) in [6.07, 6.45) is 0. The molecule has 0 aliphatic rings. The summed E-state index contributed by atoms with van der Waals surface area (Å²) in [7, 11) is 1.68. The maximum absolute atomic E-state index is 5.22. The van der Waals surface area contributed by atoms with Crippen molar-refractivity contribution >= 4 is 38.7 Å². The molecular weight excluding hydrogens is 324 g/mol. The minimum absolute atomic E-state index is 0.660. The highest BCUT2D eigenvalue weighted by Crippen LogP contribution is 2.26. The van der Waals surface area contributed by atoms with Crippen molar-refractivity contribution in [3.8, 4) is 5.75 Å². The van der Waals surface area contributed by atoms with Crippen LogP contribution < -0.4 is 4.74 Å². The van der Waals surface area contributed by atoms with Crippen LogP contribution in [-0.4, -0.2) is 28.2 Å². The van der Waals surface area contributed by atoms with Gasteiger partial charge in [0.1, 0.15) is 5.75 Å². The average molecular weight is 343 g/mol. The lowest BCUT2D eigenvalue weighted by atomic mass is 10.0. The van der Waals surface area contributed by atoms with Crippen molar-refractivity contribution in [1.82, 2.24) is 9.97 Å². The number of fused-ring (bicyclic) bond motifs is 1. The lowest BCUT2D eigenvalue weighted by Gasteiger charge is -2.16. The highest BCUT2D eigenvalue weighted by molar-refractivity contribution is 9.09. The van der Waals surface area contributed by atoms with Gasteiger partial charge in [-0.1, -0.05) is 41.5 Å². The van der Waals surface area contributed by atoms with Crippen LogP contribution >= 0.6 is 27.7 Å². The number of ether oxygens (including phenoxy) is 1. The first-order valence-electron chi connectivity index (χ1n) is 6.36. The van der Waals surface area contributed by atoms with Gasteiger partial charge < -0.3 is 9.72 Å². The van der Waals surface area contributed by atoms with Crippen LogP contribution in [0.4, 0.5) is 0 Å². The van der Waals surface area contributed by atoms with E-state index in [1.54, 1.807) is 18.9 Å². The molecule has 0 bridgehead atoms. The molecular formula is C14H19BrN2OS. The van der Waals surface area contributed by atoms with Crippen LogP contribution in [0.15, 0.2) is 23.4 Å². The van der Waals surface area contributed by atoms with Gasteiger partial charge in [0.05, 0.1) is 18.1 Å². The Morgan fingerprint density at radius 2 is 2.21 bits per heavy atom. The number of hydrogen-bond acceptors (Lipinski definition) is 3. The molecule has 19 heavy (non-hydrogen) atoms. The number of nitrogens with one attached hydrogen (secondary N) is 1. The van der Waals surface area contributed by atoms with Crippen LogP contribution in [0.25, 0.3) is 11.0 Å². The third kappa shape index (κ3) is 3.66. The molecule has 1 aromatic carbocycles. The van der Waals surface area contributed by atoms with Crippen LogP contribution in [0.1, 0.15) is 13.8 Å². The van der Waals surface area contributed by atoms with Crippen molar-refractivity contribution in [2.75, 3.05) is 18.2 Å². The number of H-pyrrole nitrogens is 1. The zero-order valence-electron chi connectivity index (χ0n) is 11.4. The number of hydrogen-bond donors (Lipinski definition) is 1. The van der Waals surface area contributed by atoms with Gasteiger partial charge >= 0.3 is 0 Å². The Labute approximate surface area is 126 Å². The third-order valence-electron chi connectivity index (χ3n) is 3.24. The van der Waals surface area contributed by atoms with Crippen LogP contribution in [0.3, 0.4) is 0 Å². The summed E-state index contributed by atoms with van der Waals surface area (Å²) in [5.41, 5.74) is 2.02. The number of imidazole rings is 1. The van der Waals surface area contributed by atoms with E-state index >= 15 is 0 Å². The molecule has 0 amide bonds. The van der Waals surface area contributed by atoms with Gasteiger partial charge in [0, 0.05) is 17.1 Å². The van der Waals surface area contributed by atoms with Crippen LogP contribution in [0.5, 0.6) is 5.75 Å². The zero-order valence-corrected chi connectivity index (χ0v) is 13.8. The molecule has 104 valence electrons. The van der Waals surface area contributed by atoms with Crippen LogP contribution in [0.2, 0.25) is 0 Å². The van der Waals surface area contributed by atoms with E-state index in [-0.39, 0.29) is 0 Å². The molecule has 0 spiro atoms. The van der Waals surface area contributed by atoms with Crippen molar-refractivity contribution in [1.29, 1.82) is 0 Å². The van der Waals surface area contributed by atoms with Gasteiger partial charge in [-0.3, -0.25) is 0 Å². The lowest BCUT2D eigenvalue weighted by Crippen LogP contribution is -2.12. The Hall–Kier alpha value is -0.680. The first-order chi connectivity index (χ1) is 9.13. The van der Waals surface area contributed by atoms with E-state index in [0.29, 0.717) is 11.8 Å². The highest BCUT2D eigenvalue weighted by atomic mass is 79.9. The Morgan fingerprint density at radius 3 is 2.84 bits per heavy atom. The zero-order chi connectivity index (χ0) is 13.8. The molecule has 1 aromatic heterocycles. The molecule has 1 unspecified atom stereocenters. The maximum atomic E-state index is 5.22. The predicted octanol–water partition coefficient (Wildman–Crippen LogP) is 4.33. The molecule has 0 fully saturated rings. The van der Waals surface area contributed by atoms with E-state index in [0.717, 1.165) is 33.0 Å². The van der Waals surface area contributed by atoms with Crippen LogP contribution in [0, 0.1) is 11.8 Å². The Kier molecular flexibility index (Phi) is 5.16. The van der Waals surface area contributed by atoms with E-state index < -0.39 is 0 Å². The van der Waals surface area contributed by atoms with E-state index in [4.69, 9.17) is 4.74 Å². The maximum Gasteiger partial charge on any atom is 0.166 e. The van der Waals surface area contributed by atoms with Gasteiger partial charge in [0.2, 0.25) is 0 Å². The number of thioether (sulfide) groups is 1. The second kappa shape index (κ2) is 6.66. The number of alkyl halides is 1. The van der Waals surface area contributed by atoms with Crippen molar-refractivity contribution in [3.05, 3.63) is 18.2 Å². The minimum atomic E-state index is 0.660. The summed E-state index contributed by atoms with van der Waals surface area (Å²) in [6, 6.07) is 5.91. The summed E-state index contributed by atoms with van der Waals surface area (Å²) in [5, 5.41) is 2.01. The van der Waals surface area contributed by atoms with Crippen LogP contribution in [-0.2, 0) is 0 Å². The molecule has 0 aliphatic carbocycles. The molecule has 0 saturated carbocycles. The van der Waals surface area contributed by atoms with Gasteiger partial charge in [-0.2, -0.15) is 0 Å². The number of aromatic amines is 1. The molecule has 2 aromatic rings. The SMILES string of the molecule is COc1ccc2nc(SCC(CBr)C(C)C)[nH]c2c1. The monoisotopic (exact) mass is 342 g/mol. The summed E-state index contributed by atoms with van der Waals surface area (Å²) < 4.78 is 5.22. The molecule has 0 saturated heterocycles. The fourth-order valence-corrected chi connectivity index (χ4v) is 4.26. The first kappa shape index (κ1) is 14.7. The predicted molar refractivity (Wildman–Crippen MR) is 85.5 cm³/mol. The Balaban J connectivity index is 2.09. The number of nitrogens with zero attached hydrogens (tertiary/aromatic N) is 1. The highest BCUT2D eigenvalue weighted by Gasteiger charge is 2.13. The Morgan fingerprint density at radius 1 is 1.42 bits per heavy atom. The van der Waals surface area contributed by atoms with Gasteiger partial charge in [0.15, 0.2) is 5.16 Å². The summed E-state index contributed by atoms with van der Waals surface area (Å²) in [5.74, 6) is 3.26. The Bertz CT molecular complexity index is 541. The standard InChI is InChI=1S/C14H19BrN2OS/c1-9(2)10(7-15)8-19-14-16-12-5-4-11(18-3)6-13(12)17-14/h4-6,9-10H,7-8H2,1-3H3,(H,16,17). The smallest absolute Gasteiger partial charge is 0.166 e. The molecule has 0 radical (unpaired) electrons. The first-order valence-corrected chi connectivity index (χ1v) is 8.47. The quantitative estimate of drug-likeness (QED) is 0.627. The van der Waals surface area contributed by atoms with E-state index in [1.165, 1.54) is 0 Å². The molecule has 0 aliphatic heterocycles. The topological polar surface area (TPSA) is 37.9 Å². The van der Waals surface area contributed by atoms with Gasteiger partial charge in [0.25, 0.3) is 0 Å². The summed E-state index contributed by atoms with van der Waals surface area (Å²) in [6.45, 7) is 4.52. The number of methoxy groups -OCH3 is 1. The largest absolute Gasteiger partial charge is 0.497 e. The molecule has 5 heteroatoms.